The number of hydrogen-bond donors (Lipinski definition) is 1. The van der Waals surface area contributed by atoms with E-state index in [0.717, 1.165) is 79.6 Å². The summed E-state index contributed by atoms with van der Waals surface area (Å²) >= 11 is 0. The fourth-order valence-electron chi connectivity index (χ4n) is 7.82. The Kier molecular flexibility index (Phi) is 10.4. The van der Waals surface area contributed by atoms with E-state index in [-0.39, 0.29) is 6.04 Å². The van der Waals surface area contributed by atoms with Gasteiger partial charge in [-0.05, 0) is 71.4 Å². The van der Waals surface area contributed by atoms with Gasteiger partial charge in [0, 0.05) is 33.5 Å². The maximum absolute atomic E-state index is 6.55. The van der Waals surface area contributed by atoms with Gasteiger partial charge in [0.1, 0.15) is 0 Å². The highest BCUT2D eigenvalue weighted by Gasteiger charge is 2.18. The summed E-state index contributed by atoms with van der Waals surface area (Å²) in [7, 11) is 0. The summed E-state index contributed by atoms with van der Waals surface area (Å²) in [6, 6.07) is 59.3. The highest BCUT2D eigenvalue weighted by Crippen LogP contribution is 2.37. The normalized spacial score (nSPS) is 14.9. The molecule has 8 aromatic rings. The summed E-state index contributed by atoms with van der Waals surface area (Å²) in [5, 5.41) is 2.24. The first-order chi connectivity index (χ1) is 28.6. The van der Waals surface area contributed by atoms with E-state index in [2.05, 4.69) is 146 Å². The zero-order valence-corrected chi connectivity index (χ0v) is 32.5. The van der Waals surface area contributed by atoms with Crippen LogP contribution in [-0.4, -0.2) is 15.7 Å². The Labute approximate surface area is 340 Å². The van der Waals surface area contributed by atoms with Crippen LogP contribution in [0.2, 0.25) is 0 Å². The molecule has 2 heterocycles. The largest absolute Gasteiger partial charge is 0.398 e. The molecule has 0 saturated carbocycles. The molecular formula is C54H44N4. The SMILES string of the molecule is CC(/N=C(\C=C(/N)c1ccccc1)c1ccccc1)c1ccc(Cc2ccc(-c3ccc4ccc5c(C6C=CC=CC6)cc(-c6ccccc6)nc5c4n3)cc2)cc1. The molecular weight excluding hydrogens is 705 g/mol. The molecule has 0 bridgehead atoms. The summed E-state index contributed by atoms with van der Waals surface area (Å²) < 4.78 is 0. The predicted octanol–water partition coefficient (Wildman–Crippen LogP) is 12.9. The molecule has 0 spiro atoms. The van der Waals surface area contributed by atoms with Crippen molar-refractivity contribution in [3.05, 3.63) is 234 Å². The third-order valence-corrected chi connectivity index (χ3v) is 11.0. The van der Waals surface area contributed by atoms with E-state index >= 15 is 0 Å². The average Bonchev–Trinajstić information content (AvgIpc) is 3.29. The van der Waals surface area contributed by atoms with E-state index in [1.54, 1.807) is 0 Å². The van der Waals surface area contributed by atoms with Crippen molar-refractivity contribution in [2.45, 2.75) is 31.7 Å². The van der Waals surface area contributed by atoms with Crippen LogP contribution in [0.3, 0.4) is 0 Å². The lowest BCUT2D eigenvalue weighted by atomic mass is 9.88. The van der Waals surface area contributed by atoms with Crippen molar-refractivity contribution >= 4 is 33.2 Å². The lowest BCUT2D eigenvalue weighted by molar-refractivity contribution is 0.820. The van der Waals surface area contributed by atoms with Crippen LogP contribution in [0, 0.1) is 0 Å². The van der Waals surface area contributed by atoms with E-state index in [1.165, 1.54) is 16.7 Å². The Hall–Kier alpha value is -7.17. The first-order valence-electron chi connectivity index (χ1n) is 20.0. The molecule has 0 aliphatic heterocycles. The van der Waals surface area contributed by atoms with Gasteiger partial charge in [0.05, 0.1) is 34.2 Å². The Balaban J connectivity index is 0.962. The zero-order valence-electron chi connectivity index (χ0n) is 32.5. The fraction of sp³-hybridized carbons (Fsp3) is 0.0926. The Bertz CT molecular complexity index is 2820. The van der Waals surface area contributed by atoms with Crippen LogP contribution in [0.5, 0.6) is 0 Å². The molecule has 9 rings (SSSR count). The van der Waals surface area contributed by atoms with Crippen molar-refractivity contribution in [3.63, 3.8) is 0 Å². The summed E-state index contributed by atoms with van der Waals surface area (Å²) in [6.45, 7) is 2.13. The molecule has 0 radical (unpaired) electrons. The predicted molar refractivity (Wildman–Crippen MR) is 243 cm³/mol. The number of fused-ring (bicyclic) bond motifs is 3. The number of hydrogen-bond acceptors (Lipinski definition) is 4. The van der Waals surface area contributed by atoms with Crippen molar-refractivity contribution in [1.29, 1.82) is 0 Å². The third kappa shape index (κ3) is 7.91. The number of pyridine rings is 2. The first-order valence-corrected chi connectivity index (χ1v) is 20.0. The Morgan fingerprint density at radius 2 is 1.28 bits per heavy atom. The second-order valence-corrected chi connectivity index (χ2v) is 15.0. The van der Waals surface area contributed by atoms with E-state index < -0.39 is 0 Å². The van der Waals surface area contributed by atoms with Crippen LogP contribution < -0.4 is 5.73 Å². The van der Waals surface area contributed by atoms with Crippen molar-refractivity contribution in [1.82, 2.24) is 9.97 Å². The molecule has 2 N–H and O–H groups in total. The van der Waals surface area contributed by atoms with E-state index in [9.17, 15) is 0 Å². The van der Waals surface area contributed by atoms with Crippen LogP contribution in [0.25, 0.3) is 50.0 Å². The molecule has 280 valence electrons. The second-order valence-electron chi connectivity index (χ2n) is 15.0. The minimum Gasteiger partial charge on any atom is -0.398 e. The molecule has 0 fully saturated rings. The van der Waals surface area contributed by atoms with Gasteiger partial charge in [-0.3, -0.25) is 4.99 Å². The highest BCUT2D eigenvalue weighted by molar-refractivity contribution is 6.12. The van der Waals surface area contributed by atoms with Crippen LogP contribution in [0.1, 0.15) is 58.7 Å². The van der Waals surface area contributed by atoms with E-state index in [4.69, 9.17) is 20.7 Å². The van der Waals surface area contributed by atoms with Gasteiger partial charge in [0.25, 0.3) is 0 Å². The third-order valence-electron chi connectivity index (χ3n) is 11.0. The molecule has 58 heavy (non-hydrogen) atoms. The molecule has 1 aliphatic rings. The number of nitrogens with zero attached hydrogens (tertiary/aromatic N) is 3. The number of aliphatic imine (C=N–C) groups is 1. The topological polar surface area (TPSA) is 64.2 Å². The van der Waals surface area contributed by atoms with Gasteiger partial charge in [0.2, 0.25) is 0 Å². The highest BCUT2D eigenvalue weighted by atomic mass is 14.8. The monoisotopic (exact) mass is 748 g/mol. The lowest BCUT2D eigenvalue weighted by Crippen LogP contribution is -2.05. The molecule has 2 unspecified atom stereocenters. The second kappa shape index (κ2) is 16.5. The van der Waals surface area contributed by atoms with Gasteiger partial charge in [-0.15, -0.1) is 0 Å². The summed E-state index contributed by atoms with van der Waals surface area (Å²) in [4.78, 5) is 15.7. The zero-order chi connectivity index (χ0) is 39.3. The van der Waals surface area contributed by atoms with Gasteiger partial charge < -0.3 is 5.73 Å². The fourth-order valence-corrected chi connectivity index (χ4v) is 7.82. The number of aromatic nitrogens is 2. The molecule has 0 amide bonds. The van der Waals surface area contributed by atoms with Gasteiger partial charge in [0.15, 0.2) is 0 Å². The number of rotatable bonds is 10. The van der Waals surface area contributed by atoms with E-state index in [1.807, 2.05) is 60.7 Å². The molecule has 0 saturated heterocycles. The average molecular weight is 749 g/mol. The number of benzene rings is 6. The van der Waals surface area contributed by atoms with Gasteiger partial charge in [-0.2, -0.15) is 0 Å². The van der Waals surface area contributed by atoms with Crippen LogP contribution in [-0.2, 0) is 6.42 Å². The lowest BCUT2D eigenvalue weighted by Gasteiger charge is -2.18. The molecule has 2 aromatic heterocycles. The standard InChI is InChI=1S/C54H44N4/c1-37(56-52(44-20-12-5-13-21-44)36-49(55)42-16-8-3-9-17-42)40-26-22-38(23-27-40)34-39-24-28-45(29-25-39)50-33-31-46-30-32-47-48(41-14-6-2-7-15-41)35-51(43-18-10-4-11-19-43)58-54(47)53(46)57-50/h2-14,16-33,35-37,41H,15,34,55H2,1H3/b49-36-,56-52+. The van der Waals surface area contributed by atoms with Gasteiger partial charge >= 0.3 is 0 Å². The summed E-state index contributed by atoms with van der Waals surface area (Å²) in [5.74, 6) is 0.291. The van der Waals surface area contributed by atoms with Crippen molar-refractivity contribution in [3.8, 4) is 22.5 Å². The van der Waals surface area contributed by atoms with Crippen LogP contribution in [0.4, 0.5) is 0 Å². The Morgan fingerprint density at radius 1 is 0.655 bits per heavy atom. The summed E-state index contributed by atoms with van der Waals surface area (Å²) in [6.07, 6.45) is 12.6. The minimum absolute atomic E-state index is 0.0529. The first kappa shape index (κ1) is 36.5. The van der Waals surface area contributed by atoms with Crippen molar-refractivity contribution < 1.29 is 0 Å². The number of allylic oxidation sites excluding steroid dienone is 5. The minimum atomic E-state index is -0.0529. The molecule has 1 aliphatic carbocycles. The quantitative estimate of drug-likeness (QED) is 0.112. The van der Waals surface area contributed by atoms with Gasteiger partial charge in [-0.1, -0.05) is 182 Å². The van der Waals surface area contributed by atoms with Crippen LogP contribution in [0.15, 0.2) is 205 Å². The Morgan fingerprint density at radius 3 is 1.97 bits per heavy atom. The smallest absolute Gasteiger partial charge is 0.0975 e. The maximum atomic E-state index is 6.55. The number of nitrogens with two attached hydrogens (primary N) is 1. The summed E-state index contributed by atoms with van der Waals surface area (Å²) in [5.41, 5.74) is 21.0. The maximum Gasteiger partial charge on any atom is 0.0975 e. The van der Waals surface area contributed by atoms with E-state index in [0.29, 0.717) is 11.6 Å². The van der Waals surface area contributed by atoms with Crippen LogP contribution >= 0.6 is 0 Å². The van der Waals surface area contributed by atoms with Gasteiger partial charge in [-0.25, -0.2) is 9.97 Å². The van der Waals surface area contributed by atoms with Crippen molar-refractivity contribution in [2.24, 2.45) is 10.7 Å². The molecule has 2 atom stereocenters. The molecule has 4 nitrogen and oxygen atoms in total. The molecule has 6 aromatic carbocycles. The van der Waals surface area contributed by atoms with Crippen molar-refractivity contribution in [2.75, 3.05) is 0 Å². The molecule has 4 heteroatoms.